The van der Waals surface area contributed by atoms with E-state index in [9.17, 15) is 4.79 Å². The van der Waals surface area contributed by atoms with Crippen LogP contribution in [-0.2, 0) is 9.47 Å². The van der Waals surface area contributed by atoms with Crippen molar-refractivity contribution < 1.29 is 14.3 Å². The molecule has 30 heavy (non-hydrogen) atoms. The Hall–Kier alpha value is -3.22. The Morgan fingerprint density at radius 3 is 2.57 bits per heavy atom. The molecule has 1 aliphatic rings. The van der Waals surface area contributed by atoms with Gasteiger partial charge in [-0.2, -0.15) is 0 Å². The lowest BCUT2D eigenvalue weighted by atomic mass is 10.0. The van der Waals surface area contributed by atoms with E-state index in [4.69, 9.17) is 9.47 Å². The quantitative estimate of drug-likeness (QED) is 0.659. The van der Waals surface area contributed by atoms with Gasteiger partial charge in [-0.05, 0) is 31.5 Å². The summed E-state index contributed by atoms with van der Waals surface area (Å²) >= 11 is 0. The normalized spacial score (nSPS) is 20.3. The minimum Gasteiger partial charge on any atom is -0.348 e. The number of hydrogen-bond donors (Lipinski definition) is 2. The lowest BCUT2D eigenvalue weighted by molar-refractivity contribution is -0.284. The molecule has 2 heterocycles. The maximum Gasteiger partial charge on any atom is 0.319 e. The molecule has 1 fully saturated rings. The van der Waals surface area contributed by atoms with Gasteiger partial charge in [-0.15, -0.1) is 0 Å². The molecular formula is C24H25N3O3. The summed E-state index contributed by atoms with van der Waals surface area (Å²) in [6, 6.07) is 20.7. The standard InChI is InChI=1S/C24H25N3O3/c1-24(2)29-16-21(22(30-24)17-9-4-3-5-10-17)27-23(28)26-20-13-7-6-12-19(20)18-11-8-14-25-15-18/h3-15,21-22H,16H2,1-2H3,(H2,26,27,28)/t21-,22+/m0/s1. The first-order valence-corrected chi connectivity index (χ1v) is 9.95. The molecule has 0 bridgehead atoms. The molecule has 1 aliphatic heterocycles. The van der Waals surface area contributed by atoms with Crippen LogP contribution in [0.5, 0.6) is 0 Å². The fourth-order valence-corrected chi connectivity index (χ4v) is 3.55. The highest BCUT2D eigenvalue weighted by atomic mass is 16.7. The number of nitrogens with zero attached hydrogens (tertiary/aromatic N) is 1. The van der Waals surface area contributed by atoms with Crippen LogP contribution in [0.3, 0.4) is 0 Å². The van der Waals surface area contributed by atoms with E-state index in [0.29, 0.717) is 12.3 Å². The van der Waals surface area contributed by atoms with Crippen molar-refractivity contribution in [2.45, 2.75) is 31.8 Å². The predicted molar refractivity (Wildman–Crippen MR) is 116 cm³/mol. The summed E-state index contributed by atoms with van der Waals surface area (Å²) < 4.78 is 11.9. The summed E-state index contributed by atoms with van der Waals surface area (Å²) in [6.45, 7) is 4.11. The fraction of sp³-hybridized carbons (Fsp3) is 0.250. The smallest absolute Gasteiger partial charge is 0.319 e. The van der Waals surface area contributed by atoms with Crippen molar-refractivity contribution in [3.05, 3.63) is 84.7 Å². The van der Waals surface area contributed by atoms with E-state index in [1.165, 1.54) is 0 Å². The van der Waals surface area contributed by atoms with Gasteiger partial charge in [0, 0.05) is 23.5 Å². The number of pyridine rings is 1. The molecule has 0 radical (unpaired) electrons. The molecule has 6 heteroatoms. The van der Waals surface area contributed by atoms with E-state index in [1.54, 1.807) is 12.4 Å². The van der Waals surface area contributed by atoms with Gasteiger partial charge in [0.15, 0.2) is 5.79 Å². The van der Waals surface area contributed by atoms with Gasteiger partial charge >= 0.3 is 6.03 Å². The molecule has 6 nitrogen and oxygen atoms in total. The number of ether oxygens (including phenoxy) is 2. The van der Waals surface area contributed by atoms with Crippen molar-refractivity contribution in [2.24, 2.45) is 0 Å². The number of carbonyl (C=O) groups excluding carboxylic acids is 1. The molecule has 4 rings (SSSR count). The number of carbonyl (C=O) groups is 1. The highest BCUT2D eigenvalue weighted by Crippen LogP contribution is 2.33. The lowest BCUT2D eigenvalue weighted by Crippen LogP contribution is -2.52. The van der Waals surface area contributed by atoms with E-state index in [0.717, 1.165) is 16.7 Å². The third-order valence-corrected chi connectivity index (χ3v) is 4.98. The van der Waals surface area contributed by atoms with Gasteiger partial charge in [0.25, 0.3) is 0 Å². The zero-order valence-electron chi connectivity index (χ0n) is 17.0. The molecule has 3 aromatic rings. The van der Waals surface area contributed by atoms with Crippen LogP contribution >= 0.6 is 0 Å². The highest BCUT2D eigenvalue weighted by molar-refractivity contribution is 5.94. The van der Waals surface area contributed by atoms with Crippen LogP contribution in [0.25, 0.3) is 11.1 Å². The monoisotopic (exact) mass is 403 g/mol. The van der Waals surface area contributed by atoms with E-state index in [2.05, 4.69) is 15.6 Å². The Labute approximate surface area is 176 Å². The van der Waals surface area contributed by atoms with Crippen LogP contribution in [0.4, 0.5) is 10.5 Å². The number of hydrogen-bond acceptors (Lipinski definition) is 4. The second-order valence-electron chi connectivity index (χ2n) is 7.65. The van der Waals surface area contributed by atoms with E-state index < -0.39 is 5.79 Å². The number of rotatable bonds is 4. The zero-order valence-corrected chi connectivity index (χ0v) is 17.0. The number of amides is 2. The van der Waals surface area contributed by atoms with Crippen LogP contribution in [0.2, 0.25) is 0 Å². The van der Waals surface area contributed by atoms with Crippen molar-refractivity contribution in [2.75, 3.05) is 11.9 Å². The minimum atomic E-state index is -0.720. The number of anilines is 1. The summed E-state index contributed by atoms with van der Waals surface area (Å²) in [7, 11) is 0. The summed E-state index contributed by atoms with van der Waals surface area (Å²) in [5, 5.41) is 5.98. The Morgan fingerprint density at radius 1 is 1.03 bits per heavy atom. The van der Waals surface area contributed by atoms with Crippen molar-refractivity contribution in [3.63, 3.8) is 0 Å². The topological polar surface area (TPSA) is 72.5 Å². The van der Waals surface area contributed by atoms with Crippen LogP contribution in [0, 0.1) is 0 Å². The van der Waals surface area contributed by atoms with Gasteiger partial charge in [-0.1, -0.05) is 54.6 Å². The maximum atomic E-state index is 12.9. The number of urea groups is 1. The first-order chi connectivity index (χ1) is 14.5. The summed E-state index contributed by atoms with van der Waals surface area (Å²) in [5.41, 5.74) is 3.53. The van der Waals surface area contributed by atoms with Gasteiger partial charge in [0.1, 0.15) is 6.10 Å². The highest BCUT2D eigenvalue weighted by Gasteiger charge is 2.38. The summed E-state index contributed by atoms with van der Waals surface area (Å²) in [6.07, 6.45) is 3.18. The average molecular weight is 403 g/mol. The summed E-state index contributed by atoms with van der Waals surface area (Å²) in [5.74, 6) is -0.720. The van der Waals surface area contributed by atoms with E-state index in [1.807, 2.05) is 80.6 Å². The molecule has 1 saturated heterocycles. The number of nitrogens with one attached hydrogen (secondary N) is 2. The molecule has 0 unspecified atom stereocenters. The fourth-order valence-electron chi connectivity index (χ4n) is 3.55. The third kappa shape index (κ3) is 4.67. The molecule has 0 aliphatic carbocycles. The molecule has 2 amide bonds. The van der Waals surface area contributed by atoms with Gasteiger partial charge < -0.3 is 20.1 Å². The minimum absolute atomic E-state index is 0.311. The van der Waals surface area contributed by atoms with Gasteiger partial charge in [0.2, 0.25) is 0 Å². The summed E-state index contributed by atoms with van der Waals surface area (Å²) in [4.78, 5) is 17.0. The van der Waals surface area contributed by atoms with Crippen LogP contribution in [0.1, 0.15) is 25.5 Å². The molecular weight excluding hydrogens is 378 g/mol. The SMILES string of the molecule is CC1(C)OC[C@H](NC(=O)Nc2ccccc2-c2cccnc2)[C@@H](c2ccccc2)O1. The molecule has 0 spiro atoms. The van der Waals surface area contributed by atoms with E-state index in [-0.39, 0.29) is 18.2 Å². The second-order valence-corrected chi connectivity index (χ2v) is 7.65. The van der Waals surface area contributed by atoms with Crippen molar-refractivity contribution in [3.8, 4) is 11.1 Å². The van der Waals surface area contributed by atoms with Crippen molar-refractivity contribution >= 4 is 11.7 Å². The Balaban J connectivity index is 1.51. The number of para-hydroxylation sites is 1. The third-order valence-electron chi connectivity index (χ3n) is 4.98. The molecule has 2 atom stereocenters. The van der Waals surface area contributed by atoms with E-state index >= 15 is 0 Å². The average Bonchev–Trinajstić information content (AvgIpc) is 2.76. The van der Waals surface area contributed by atoms with Gasteiger partial charge in [-0.25, -0.2) is 4.79 Å². The van der Waals surface area contributed by atoms with Crippen molar-refractivity contribution in [1.29, 1.82) is 0 Å². The van der Waals surface area contributed by atoms with Gasteiger partial charge in [-0.3, -0.25) is 4.98 Å². The first kappa shape index (κ1) is 20.1. The maximum absolute atomic E-state index is 12.9. The van der Waals surface area contributed by atoms with Gasteiger partial charge in [0.05, 0.1) is 18.3 Å². The largest absolute Gasteiger partial charge is 0.348 e. The zero-order chi connectivity index (χ0) is 21.0. The molecule has 2 aromatic carbocycles. The number of aromatic nitrogens is 1. The van der Waals surface area contributed by atoms with Crippen molar-refractivity contribution in [1.82, 2.24) is 10.3 Å². The Bertz CT molecular complexity index is 993. The van der Waals surface area contributed by atoms with Crippen LogP contribution < -0.4 is 10.6 Å². The lowest BCUT2D eigenvalue weighted by Gasteiger charge is -2.41. The Morgan fingerprint density at radius 2 is 1.80 bits per heavy atom. The molecule has 0 saturated carbocycles. The number of benzene rings is 2. The van der Waals surface area contributed by atoms with Crippen LogP contribution in [-0.4, -0.2) is 29.5 Å². The Kier molecular flexibility index (Phi) is 5.79. The van der Waals surface area contributed by atoms with Crippen LogP contribution in [0.15, 0.2) is 79.1 Å². The molecule has 1 aromatic heterocycles. The molecule has 2 N–H and O–H groups in total. The predicted octanol–water partition coefficient (Wildman–Crippen LogP) is 4.76. The molecule has 154 valence electrons. The second kappa shape index (κ2) is 8.65. The first-order valence-electron chi connectivity index (χ1n) is 9.95.